The highest BCUT2D eigenvalue weighted by molar-refractivity contribution is 7.71. The van der Waals surface area contributed by atoms with E-state index >= 15 is 0 Å². The number of rotatable bonds is 8. The van der Waals surface area contributed by atoms with Crippen LogP contribution in [0.4, 0.5) is 5.82 Å². The number of fused-ring (bicyclic) bond motifs is 4. The van der Waals surface area contributed by atoms with Gasteiger partial charge in [-0.3, -0.25) is 23.5 Å². The van der Waals surface area contributed by atoms with Crippen LogP contribution in [0.3, 0.4) is 0 Å². The summed E-state index contributed by atoms with van der Waals surface area (Å²) in [6.07, 6.45) is -3.92. The molecule has 0 aliphatic carbocycles. The molecule has 4 aliphatic heterocycles. The van der Waals surface area contributed by atoms with Crippen molar-refractivity contribution in [2.45, 2.75) is 30.7 Å². The summed E-state index contributed by atoms with van der Waals surface area (Å²) in [5.74, 6) is -0.866. The molecule has 6 heterocycles. The minimum absolute atomic E-state index is 0.0136. The van der Waals surface area contributed by atoms with Gasteiger partial charge in [0.25, 0.3) is 7.52 Å². The zero-order valence-electron chi connectivity index (χ0n) is 18.8. The van der Waals surface area contributed by atoms with Gasteiger partial charge in [-0.25, -0.2) is 10.1 Å². The first-order valence-corrected chi connectivity index (χ1v) is 15.2. The lowest BCUT2D eigenvalue weighted by atomic mass is 10.1. The molecule has 0 aromatic carbocycles. The van der Waals surface area contributed by atoms with E-state index in [0.717, 1.165) is 32.7 Å². The van der Waals surface area contributed by atoms with Crippen molar-refractivity contribution in [3.8, 4) is 0 Å². The first kappa shape index (κ1) is 26.4. The number of aliphatic hydroxyl groups excluding tert-OH is 2. The van der Waals surface area contributed by atoms with Crippen LogP contribution in [-0.2, 0) is 13.9 Å². The largest absolute Gasteiger partial charge is 0.387 e. The van der Waals surface area contributed by atoms with Crippen LogP contribution in [0.1, 0.15) is 6.23 Å². The van der Waals surface area contributed by atoms with Crippen molar-refractivity contribution in [3.63, 3.8) is 0 Å². The maximum absolute atomic E-state index is 12.0. The van der Waals surface area contributed by atoms with E-state index in [1.165, 1.54) is 10.9 Å². The van der Waals surface area contributed by atoms with Gasteiger partial charge in [0.1, 0.15) is 24.2 Å². The lowest BCUT2D eigenvalue weighted by Crippen LogP contribution is -2.63. The number of hydrogen-bond acceptors (Lipinski definition) is 11. The molecule has 19 heteroatoms. The van der Waals surface area contributed by atoms with Crippen molar-refractivity contribution in [2.24, 2.45) is 0 Å². The van der Waals surface area contributed by atoms with Crippen LogP contribution in [0, 0.1) is 0 Å². The molecule has 4 fully saturated rings. The van der Waals surface area contributed by atoms with Gasteiger partial charge in [0, 0.05) is 39.3 Å². The number of ether oxygens (including phenoxy) is 1. The number of nitrogens with one attached hydrogen (secondary N) is 2. The Morgan fingerprint density at radius 2 is 1.83 bits per heavy atom. The number of anilines is 1. The summed E-state index contributed by atoms with van der Waals surface area (Å²) in [5.41, 5.74) is 0.623. The van der Waals surface area contributed by atoms with E-state index < -0.39 is 52.1 Å². The first-order chi connectivity index (χ1) is 16.9. The summed E-state index contributed by atoms with van der Waals surface area (Å²) in [6.45, 7) is 4.23. The van der Waals surface area contributed by atoms with Crippen molar-refractivity contribution >= 4 is 43.7 Å². The smallest absolute Gasteiger partial charge is 0.336 e. The number of halogens is 1. The van der Waals surface area contributed by atoms with E-state index in [1.807, 2.05) is 0 Å². The number of piperazine rings is 3. The Kier molecular flexibility index (Phi) is 7.18. The normalized spacial score (nSPS) is 34.2. The molecule has 2 aromatic rings. The maximum atomic E-state index is 12.0. The maximum Gasteiger partial charge on any atom is 0.336 e. The Bertz CT molecular complexity index is 1220. The molecular weight excluding hydrogens is 542 g/mol. The molecule has 0 amide bonds. The van der Waals surface area contributed by atoms with Crippen LogP contribution < -0.4 is 10.4 Å². The van der Waals surface area contributed by atoms with Gasteiger partial charge >= 0.3 is 7.60 Å². The fraction of sp³-hybridized carbons (Fsp3) is 0.706. The third-order valence-electron chi connectivity index (χ3n) is 6.50. The van der Waals surface area contributed by atoms with Gasteiger partial charge in [-0.15, -0.1) is 0 Å². The quantitative estimate of drug-likeness (QED) is 0.140. The van der Waals surface area contributed by atoms with Gasteiger partial charge in [-0.1, -0.05) is 0 Å². The van der Waals surface area contributed by atoms with Crippen molar-refractivity contribution in [3.05, 3.63) is 11.6 Å². The molecule has 4 aliphatic rings. The van der Waals surface area contributed by atoms with Crippen LogP contribution in [0.25, 0.3) is 11.2 Å². The molecule has 6 rings (SSSR count). The van der Waals surface area contributed by atoms with Gasteiger partial charge in [0.15, 0.2) is 23.2 Å². The average molecular weight is 569 g/mol. The molecule has 0 spiro atoms. The second-order valence-corrected chi connectivity index (χ2v) is 13.6. The fourth-order valence-electron chi connectivity index (χ4n) is 4.75. The Labute approximate surface area is 209 Å². The SMILES string of the molecule is O=P(O)(O)CP(=O)(O)NC[C@H]1O[C@@H](n2cnc3c(NC4CN5CCN4CC5)nc(Cl)nc32)C(O)C1O. The second-order valence-electron chi connectivity index (χ2n) is 9.08. The van der Waals surface area contributed by atoms with Gasteiger partial charge in [0.05, 0.1) is 12.5 Å². The predicted octanol–water partition coefficient (Wildman–Crippen LogP) is -1.62. The monoisotopic (exact) mass is 568 g/mol. The number of aromatic nitrogens is 4. The fourth-order valence-corrected chi connectivity index (χ4v) is 7.78. The van der Waals surface area contributed by atoms with E-state index in [0.29, 0.717) is 11.3 Å². The van der Waals surface area contributed by atoms with E-state index in [9.17, 15) is 24.2 Å². The molecule has 7 N–H and O–H groups in total. The van der Waals surface area contributed by atoms with E-state index in [-0.39, 0.29) is 17.1 Å². The average Bonchev–Trinajstić information content (AvgIpc) is 3.33. The topological polar surface area (TPSA) is 219 Å². The first-order valence-electron chi connectivity index (χ1n) is 11.2. The van der Waals surface area contributed by atoms with Crippen LogP contribution >= 0.6 is 26.7 Å². The number of aliphatic hydroxyl groups is 2. The molecule has 200 valence electrons. The van der Waals surface area contributed by atoms with E-state index in [4.69, 9.17) is 26.1 Å². The van der Waals surface area contributed by atoms with Crippen LogP contribution in [0.15, 0.2) is 6.33 Å². The molecule has 4 unspecified atom stereocenters. The zero-order valence-corrected chi connectivity index (χ0v) is 21.4. The van der Waals surface area contributed by atoms with Crippen molar-refractivity contribution in [2.75, 3.05) is 50.5 Å². The summed E-state index contributed by atoms with van der Waals surface area (Å²) in [5, 5.41) is 26.5. The summed E-state index contributed by atoms with van der Waals surface area (Å²) in [7, 11) is -9.19. The molecule has 2 bridgehead atoms. The third-order valence-corrected chi connectivity index (χ3v) is 10.4. The number of imidazole rings is 1. The highest BCUT2D eigenvalue weighted by Gasteiger charge is 2.45. The van der Waals surface area contributed by atoms with Gasteiger partial charge in [-0.2, -0.15) is 9.97 Å². The summed E-state index contributed by atoms with van der Waals surface area (Å²) in [4.78, 5) is 45.2. The lowest BCUT2D eigenvalue weighted by molar-refractivity contribution is -0.0331. The molecule has 6 atom stereocenters. The summed E-state index contributed by atoms with van der Waals surface area (Å²) < 4.78 is 30.2. The Balaban J connectivity index is 1.34. The number of nitrogens with zero attached hydrogens (tertiary/aromatic N) is 6. The summed E-state index contributed by atoms with van der Waals surface area (Å²) >= 11 is 6.19. The molecule has 16 nitrogen and oxygen atoms in total. The third kappa shape index (κ3) is 5.46. The Morgan fingerprint density at radius 3 is 2.47 bits per heavy atom. The van der Waals surface area contributed by atoms with Gasteiger partial charge in [0.2, 0.25) is 5.28 Å². The number of hydrogen-bond donors (Lipinski definition) is 7. The minimum Gasteiger partial charge on any atom is -0.387 e. The second kappa shape index (κ2) is 9.80. The standard InChI is InChI=1S/C17H27ClN8O8P2/c18-17-22-14(21-10-6-24-1-3-25(10)4-2-24)11-15(23-17)26(7-19-11)16-13(28)12(27)9(34-16)5-20-35(29,30)8-36(31,32)33/h7,9-10,12-13,16,27-28H,1-6,8H2,(H2,20,29,30)(H,21,22,23)(H2,31,32,33)/t9-,10?,12?,13?,16-/m1/s1. The molecule has 4 saturated heterocycles. The molecular formula is C17H27ClN8O8P2. The Hall–Kier alpha value is -1.26. The molecule has 36 heavy (non-hydrogen) atoms. The lowest BCUT2D eigenvalue weighted by Gasteiger charge is -2.47. The van der Waals surface area contributed by atoms with Gasteiger partial charge in [-0.05, 0) is 11.6 Å². The van der Waals surface area contributed by atoms with E-state index in [1.54, 1.807) is 0 Å². The van der Waals surface area contributed by atoms with Crippen molar-refractivity contribution < 1.29 is 38.8 Å². The highest BCUT2D eigenvalue weighted by Crippen LogP contribution is 2.52. The molecule has 0 saturated carbocycles. The summed E-state index contributed by atoms with van der Waals surface area (Å²) in [6, 6.07) is 0. The van der Waals surface area contributed by atoms with Crippen LogP contribution in [0.2, 0.25) is 5.28 Å². The Morgan fingerprint density at radius 1 is 1.11 bits per heavy atom. The minimum atomic E-state index is -4.76. The van der Waals surface area contributed by atoms with Crippen LogP contribution in [-0.4, -0.2) is 124 Å². The van der Waals surface area contributed by atoms with Crippen molar-refractivity contribution in [1.82, 2.24) is 34.4 Å². The zero-order chi connectivity index (χ0) is 25.8. The molecule has 0 radical (unpaired) electrons. The van der Waals surface area contributed by atoms with Crippen LogP contribution in [0.5, 0.6) is 0 Å². The van der Waals surface area contributed by atoms with Gasteiger partial charge < -0.3 is 34.9 Å². The van der Waals surface area contributed by atoms with Crippen molar-refractivity contribution in [1.29, 1.82) is 0 Å². The highest BCUT2D eigenvalue weighted by atomic mass is 35.5. The molecule has 2 aromatic heterocycles. The van der Waals surface area contributed by atoms with E-state index in [2.05, 4.69) is 35.2 Å². The predicted molar refractivity (Wildman–Crippen MR) is 126 cm³/mol.